The molecule has 0 aliphatic heterocycles. The zero-order valence-corrected chi connectivity index (χ0v) is 12.3. The van der Waals surface area contributed by atoms with Crippen LogP contribution in [0.2, 0.25) is 0 Å². The Hall–Kier alpha value is -1.55. The second-order valence-electron chi connectivity index (χ2n) is 6.04. The van der Waals surface area contributed by atoms with Crippen molar-refractivity contribution >= 4 is 5.91 Å². The van der Waals surface area contributed by atoms with E-state index in [0.29, 0.717) is 12.6 Å². The highest BCUT2D eigenvalue weighted by atomic mass is 16.5. The van der Waals surface area contributed by atoms with Crippen LogP contribution in [0.5, 0.6) is 5.75 Å². The minimum atomic E-state index is -0.860. The highest BCUT2D eigenvalue weighted by Crippen LogP contribution is 2.26. The SMILES string of the molecule is CC(C)(N)C(=O)NCc1ccccc1OC1CCCC1. The topological polar surface area (TPSA) is 64.4 Å². The molecule has 1 aliphatic carbocycles. The van der Waals surface area contributed by atoms with Crippen molar-refractivity contribution in [2.75, 3.05) is 0 Å². The molecule has 0 bridgehead atoms. The van der Waals surface area contributed by atoms with Crippen molar-refractivity contribution in [2.24, 2.45) is 5.73 Å². The molecule has 1 aromatic rings. The number of carbonyl (C=O) groups excluding carboxylic acids is 1. The number of amides is 1. The predicted octanol–water partition coefficient (Wildman–Crippen LogP) is 2.36. The summed E-state index contributed by atoms with van der Waals surface area (Å²) in [7, 11) is 0. The molecule has 0 atom stereocenters. The van der Waals surface area contributed by atoms with E-state index in [2.05, 4.69) is 5.32 Å². The molecular formula is C16H24N2O2. The molecule has 0 heterocycles. The number of nitrogens with two attached hydrogens (primary N) is 1. The van der Waals surface area contributed by atoms with Crippen LogP contribution < -0.4 is 15.8 Å². The fourth-order valence-corrected chi connectivity index (χ4v) is 2.35. The maximum Gasteiger partial charge on any atom is 0.239 e. The first-order valence-corrected chi connectivity index (χ1v) is 7.28. The minimum absolute atomic E-state index is 0.159. The molecule has 1 fully saturated rings. The molecule has 0 radical (unpaired) electrons. The Balaban J connectivity index is 1.98. The van der Waals surface area contributed by atoms with Crippen molar-refractivity contribution in [3.63, 3.8) is 0 Å². The molecule has 0 saturated heterocycles. The molecule has 0 unspecified atom stereocenters. The first kappa shape index (κ1) is 14.9. The molecule has 110 valence electrons. The van der Waals surface area contributed by atoms with Gasteiger partial charge in [-0.25, -0.2) is 0 Å². The van der Waals surface area contributed by atoms with Crippen molar-refractivity contribution in [2.45, 2.75) is 57.7 Å². The van der Waals surface area contributed by atoms with E-state index in [1.54, 1.807) is 13.8 Å². The summed E-state index contributed by atoms with van der Waals surface area (Å²) < 4.78 is 6.04. The van der Waals surface area contributed by atoms with Crippen LogP contribution in [0, 0.1) is 0 Å². The summed E-state index contributed by atoms with van der Waals surface area (Å²) in [6, 6.07) is 7.86. The number of carbonyl (C=O) groups is 1. The van der Waals surface area contributed by atoms with Gasteiger partial charge in [0.25, 0.3) is 0 Å². The Morgan fingerprint density at radius 2 is 2.00 bits per heavy atom. The summed E-state index contributed by atoms with van der Waals surface area (Å²) in [5, 5.41) is 2.86. The van der Waals surface area contributed by atoms with Crippen LogP contribution in [-0.4, -0.2) is 17.6 Å². The Bertz CT molecular complexity index is 460. The average molecular weight is 276 g/mol. The number of hydrogen-bond acceptors (Lipinski definition) is 3. The Kier molecular flexibility index (Phi) is 4.65. The number of ether oxygens (including phenoxy) is 1. The second kappa shape index (κ2) is 6.27. The highest BCUT2D eigenvalue weighted by molar-refractivity contribution is 5.85. The van der Waals surface area contributed by atoms with Gasteiger partial charge in [0.15, 0.2) is 0 Å². The van der Waals surface area contributed by atoms with E-state index in [0.717, 1.165) is 24.2 Å². The number of benzene rings is 1. The summed E-state index contributed by atoms with van der Waals surface area (Å²) >= 11 is 0. The third-order valence-electron chi connectivity index (χ3n) is 3.59. The van der Waals surface area contributed by atoms with Gasteiger partial charge in [0, 0.05) is 12.1 Å². The molecule has 20 heavy (non-hydrogen) atoms. The van der Waals surface area contributed by atoms with E-state index < -0.39 is 5.54 Å². The van der Waals surface area contributed by atoms with Crippen LogP contribution in [0.3, 0.4) is 0 Å². The Morgan fingerprint density at radius 1 is 1.35 bits per heavy atom. The summed E-state index contributed by atoms with van der Waals surface area (Å²) in [5.41, 5.74) is 5.91. The Morgan fingerprint density at radius 3 is 2.65 bits per heavy atom. The predicted molar refractivity (Wildman–Crippen MR) is 79.4 cm³/mol. The van der Waals surface area contributed by atoms with Gasteiger partial charge < -0.3 is 15.8 Å². The number of para-hydroxylation sites is 1. The normalized spacial score (nSPS) is 16.1. The maximum absolute atomic E-state index is 11.8. The van der Waals surface area contributed by atoms with Crippen LogP contribution >= 0.6 is 0 Å². The maximum atomic E-state index is 11.8. The number of nitrogens with one attached hydrogen (secondary N) is 1. The third kappa shape index (κ3) is 3.97. The van der Waals surface area contributed by atoms with Gasteiger partial charge in [-0.3, -0.25) is 4.79 Å². The van der Waals surface area contributed by atoms with E-state index in [-0.39, 0.29) is 5.91 Å². The lowest BCUT2D eigenvalue weighted by molar-refractivity contribution is -0.125. The fraction of sp³-hybridized carbons (Fsp3) is 0.562. The molecule has 1 aromatic carbocycles. The van der Waals surface area contributed by atoms with Crippen LogP contribution in [0.1, 0.15) is 45.1 Å². The molecule has 4 heteroatoms. The van der Waals surface area contributed by atoms with Crippen LogP contribution in [-0.2, 0) is 11.3 Å². The summed E-state index contributed by atoms with van der Waals surface area (Å²) in [4.78, 5) is 11.8. The zero-order chi connectivity index (χ0) is 14.6. The lowest BCUT2D eigenvalue weighted by Crippen LogP contribution is -2.48. The van der Waals surface area contributed by atoms with Gasteiger partial charge in [0.2, 0.25) is 5.91 Å². The molecular weight excluding hydrogens is 252 g/mol. The van der Waals surface area contributed by atoms with Crippen molar-refractivity contribution in [1.82, 2.24) is 5.32 Å². The van der Waals surface area contributed by atoms with Gasteiger partial charge in [0.05, 0.1) is 11.6 Å². The van der Waals surface area contributed by atoms with Gasteiger partial charge in [-0.05, 0) is 45.6 Å². The van der Waals surface area contributed by atoms with Crippen molar-refractivity contribution in [3.05, 3.63) is 29.8 Å². The second-order valence-corrected chi connectivity index (χ2v) is 6.04. The molecule has 0 aromatic heterocycles. The van der Waals surface area contributed by atoms with Gasteiger partial charge in [-0.15, -0.1) is 0 Å². The van der Waals surface area contributed by atoms with Gasteiger partial charge in [0.1, 0.15) is 5.75 Å². The molecule has 3 N–H and O–H groups in total. The standard InChI is InChI=1S/C16H24N2O2/c1-16(2,17)15(19)18-11-12-7-3-6-10-14(12)20-13-8-4-5-9-13/h3,6-7,10,13H,4-5,8-9,11,17H2,1-2H3,(H,18,19). The summed E-state index contributed by atoms with van der Waals surface area (Å²) in [6.45, 7) is 3.84. The van der Waals surface area contributed by atoms with E-state index in [1.165, 1.54) is 12.8 Å². The number of hydrogen-bond donors (Lipinski definition) is 2. The molecule has 0 spiro atoms. The largest absolute Gasteiger partial charge is 0.490 e. The van der Waals surface area contributed by atoms with Gasteiger partial charge >= 0.3 is 0 Å². The molecule has 1 amide bonds. The van der Waals surface area contributed by atoms with Gasteiger partial charge in [-0.2, -0.15) is 0 Å². The minimum Gasteiger partial charge on any atom is -0.490 e. The Labute approximate surface area is 120 Å². The number of rotatable bonds is 5. The molecule has 1 aliphatic rings. The van der Waals surface area contributed by atoms with E-state index in [4.69, 9.17) is 10.5 Å². The van der Waals surface area contributed by atoms with E-state index in [1.807, 2.05) is 24.3 Å². The molecule has 1 saturated carbocycles. The van der Waals surface area contributed by atoms with Crippen molar-refractivity contribution in [1.29, 1.82) is 0 Å². The molecule has 2 rings (SSSR count). The smallest absolute Gasteiger partial charge is 0.239 e. The monoisotopic (exact) mass is 276 g/mol. The highest BCUT2D eigenvalue weighted by Gasteiger charge is 2.22. The van der Waals surface area contributed by atoms with Crippen LogP contribution in [0.15, 0.2) is 24.3 Å². The van der Waals surface area contributed by atoms with E-state index >= 15 is 0 Å². The molecule has 4 nitrogen and oxygen atoms in total. The van der Waals surface area contributed by atoms with Gasteiger partial charge in [-0.1, -0.05) is 18.2 Å². The van der Waals surface area contributed by atoms with Crippen molar-refractivity contribution < 1.29 is 9.53 Å². The zero-order valence-electron chi connectivity index (χ0n) is 12.3. The van der Waals surface area contributed by atoms with E-state index in [9.17, 15) is 4.79 Å². The third-order valence-corrected chi connectivity index (χ3v) is 3.59. The fourth-order valence-electron chi connectivity index (χ4n) is 2.35. The average Bonchev–Trinajstić information content (AvgIpc) is 2.89. The summed E-state index contributed by atoms with van der Waals surface area (Å²) in [6.07, 6.45) is 5.04. The van der Waals surface area contributed by atoms with Crippen LogP contribution in [0.4, 0.5) is 0 Å². The first-order valence-electron chi connectivity index (χ1n) is 7.28. The van der Waals surface area contributed by atoms with Crippen molar-refractivity contribution in [3.8, 4) is 5.75 Å². The quantitative estimate of drug-likeness (QED) is 0.867. The lowest BCUT2D eigenvalue weighted by atomic mass is 10.1. The summed E-state index contributed by atoms with van der Waals surface area (Å²) in [5.74, 6) is 0.711. The van der Waals surface area contributed by atoms with Crippen LogP contribution in [0.25, 0.3) is 0 Å². The first-order chi connectivity index (χ1) is 9.47. The lowest BCUT2D eigenvalue weighted by Gasteiger charge is -2.20.